The third-order valence-electron chi connectivity index (χ3n) is 4.45. The highest BCUT2D eigenvalue weighted by atomic mass is 19.1. The number of aromatic nitrogens is 2. The van der Waals surface area contributed by atoms with Gasteiger partial charge in [-0.25, -0.2) is 14.4 Å². The van der Waals surface area contributed by atoms with Crippen LogP contribution in [0.1, 0.15) is 41.0 Å². The predicted octanol–water partition coefficient (Wildman–Crippen LogP) is 4.99. The second-order valence-corrected chi connectivity index (χ2v) is 6.24. The molecule has 0 amide bonds. The number of hydrogen-bond acceptors (Lipinski definition) is 4. The molecule has 0 unspecified atom stereocenters. The van der Waals surface area contributed by atoms with Crippen LogP contribution in [-0.2, 0) is 6.54 Å². The summed E-state index contributed by atoms with van der Waals surface area (Å²) in [6.07, 6.45) is 2.53. The molecule has 4 nitrogen and oxygen atoms in total. The molecule has 1 heterocycles. The van der Waals surface area contributed by atoms with Crippen LogP contribution in [0.4, 0.5) is 10.3 Å². The van der Waals surface area contributed by atoms with E-state index in [2.05, 4.69) is 15.3 Å². The third kappa shape index (κ3) is 4.64. The summed E-state index contributed by atoms with van der Waals surface area (Å²) in [6, 6.07) is 15.6. The standard InChI is InChI=1S/C22H20FN3O/c1-15(19-7-9-20(23)10-8-19)16(2)21-11-12-24-22(26-21)25-13-17-3-5-18(14-27)6-4-17/h3-12,14H,13H2,1-2H3,(H,24,25,26)/b16-15-. The van der Waals surface area contributed by atoms with Crippen molar-refractivity contribution in [2.24, 2.45) is 0 Å². The smallest absolute Gasteiger partial charge is 0.223 e. The minimum Gasteiger partial charge on any atom is -0.350 e. The van der Waals surface area contributed by atoms with Crippen molar-refractivity contribution in [2.45, 2.75) is 20.4 Å². The molecule has 0 bridgehead atoms. The number of anilines is 1. The number of nitrogens with zero attached hydrogens (tertiary/aromatic N) is 2. The number of halogens is 1. The second-order valence-electron chi connectivity index (χ2n) is 6.24. The topological polar surface area (TPSA) is 54.9 Å². The molecule has 0 saturated heterocycles. The Balaban J connectivity index is 1.76. The van der Waals surface area contributed by atoms with Gasteiger partial charge in [-0.2, -0.15) is 0 Å². The number of nitrogens with one attached hydrogen (secondary N) is 1. The summed E-state index contributed by atoms with van der Waals surface area (Å²) in [5.74, 6) is 0.275. The highest BCUT2D eigenvalue weighted by molar-refractivity contribution is 5.87. The molecule has 2 aromatic carbocycles. The minimum atomic E-state index is -0.251. The first-order valence-corrected chi connectivity index (χ1v) is 8.61. The summed E-state index contributed by atoms with van der Waals surface area (Å²) < 4.78 is 13.1. The molecule has 0 radical (unpaired) electrons. The molecule has 0 aliphatic rings. The first-order chi connectivity index (χ1) is 13.1. The highest BCUT2D eigenvalue weighted by Gasteiger charge is 2.07. The molecule has 3 rings (SSSR count). The lowest BCUT2D eigenvalue weighted by Crippen LogP contribution is -2.05. The van der Waals surface area contributed by atoms with Crippen molar-refractivity contribution in [1.82, 2.24) is 9.97 Å². The number of carbonyl (C=O) groups is 1. The summed E-state index contributed by atoms with van der Waals surface area (Å²) in [5.41, 5.74) is 5.48. The zero-order valence-electron chi connectivity index (χ0n) is 15.2. The average Bonchev–Trinajstić information content (AvgIpc) is 2.72. The fourth-order valence-corrected chi connectivity index (χ4v) is 2.66. The molecule has 1 N–H and O–H groups in total. The molecule has 0 fully saturated rings. The van der Waals surface area contributed by atoms with Gasteiger partial charge in [-0.3, -0.25) is 4.79 Å². The van der Waals surface area contributed by atoms with Gasteiger partial charge in [0.2, 0.25) is 5.95 Å². The van der Waals surface area contributed by atoms with Crippen LogP contribution in [0, 0.1) is 5.82 Å². The van der Waals surface area contributed by atoms with Crippen LogP contribution in [0.25, 0.3) is 11.1 Å². The molecule has 5 heteroatoms. The second kappa shape index (κ2) is 8.36. The highest BCUT2D eigenvalue weighted by Crippen LogP contribution is 2.25. The number of hydrogen-bond donors (Lipinski definition) is 1. The number of allylic oxidation sites excluding steroid dienone is 2. The first-order valence-electron chi connectivity index (χ1n) is 8.61. The molecule has 0 aliphatic heterocycles. The third-order valence-corrected chi connectivity index (χ3v) is 4.45. The fraction of sp³-hybridized carbons (Fsp3) is 0.136. The first kappa shape index (κ1) is 18.5. The van der Waals surface area contributed by atoms with E-state index in [1.807, 2.05) is 32.0 Å². The van der Waals surface area contributed by atoms with Gasteiger partial charge in [0.25, 0.3) is 0 Å². The molecule has 0 atom stereocenters. The predicted molar refractivity (Wildman–Crippen MR) is 106 cm³/mol. The van der Waals surface area contributed by atoms with Crippen LogP contribution in [-0.4, -0.2) is 16.3 Å². The van der Waals surface area contributed by atoms with Crippen LogP contribution in [0.2, 0.25) is 0 Å². The van der Waals surface area contributed by atoms with E-state index in [-0.39, 0.29) is 5.82 Å². The summed E-state index contributed by atoms with van der Waals surface area (Å²) in [4.78, 5) is 19.6. The number of benzene rings is 2. The number of carbonyl (C=O) groups excluding carboxylic acids is 1. The minimum absolute atomic E-state index is 0.251. The van der Waals surface area contributed by atoms with Gasteiger partial charge in [-0.15, -0.1) is 0 Å². The number of aldehydes is 1. The van der Waals surface area contributed by atoms with Gasteiger partial charge in [-0.05, 0) is 54.3 Å². The van der Waals surface area contributed by atoms with Gasteiger partial charge in [0, 0.05) is 18.3 Å². The van der Waals surface area contributed by atoms with Gasteiger partial charge in [-0.1, -0.05) is 36.4 Å². The van der Waals surface area contributed by atoms with Gasteiger partial charge >= 0.3 is 0 Å². The van der Waals surface area contributed by atoms with E-state index in [9.17, 15) is 9.18 Å². The van der Waals surface area contributed by atoms with Crippen molar-refractivity contribution in [1.29, 1.82) is 0 Å². The molecule has 27 heavy (non-hydrogen) atoms. The zero-order chi connectivity index (χ0) is 19.2. The van der Waals surface area contributed by atoms with E-state index >= 15 is 0 Å². The Morgan fingerprint density at radius 2 is 1.70 bits per heavy atom. The molecular weight excluding hydrogens is 341 g/mol. The fourth-order valence-electron chi connectivity index (χ4n) is 2.66. The van der Waals surface area contributed by atoms with E-state index < -0.39 is 0 Å². The van der Waals surface area contributed by atoms with Crippen molar-refractivity contribution in [2.75, 3.05) is 5.32 Å². The Bertz CT molecular complexity index is 964. The Labute approximate surface area is 157 Å². The molecule has 3 aromatic rings. The summed E-state index contributed by atoms with van der Waals surface area (Å²) in [5, 5.41) is 3.20. The maximum absolute atomic E-state index is 13.1. The lowest BCUT2D eigenvalue weighted by atomic mass is 10.0. The van der Waals surface area contributed by atoms with Crippen molar-refractivity contribution in [3.63, 3.8) is 0 Å². The van der Waals surface area contributed by atoms with Crippen LogP contribution in [0.3, 0.4) is 0 Å². The average molecular weight is 361 g/mol. The molecule has 0 saturated carbocycles. The summed E-state index contributed by atoms with van der Waals surface area (Å²) in [7, 11) is 0. The van der Waals surface area contributed by atoms with Crippen molar-refractivity contribution in [3.05, 3.63) is 89.0 Å². The molecule has 136 valence electrons. The van der Waals surface area contributed by atoms with E-state index in [0.717, 1.165) is 34.3 Å². The maximum Gasteiger partial charge on any atom is 0.223 e. The van der Waals surface area contributed by atoms with Crippen LogP contribution in [0.15, 0.2) is 60.8 Å². The summed E-state index contributed by atoms with van der Waals surface area (Å²) in [6.45, 7) is 4.54. The number of rotatable bonds is 6. The molecule has 0 spiro atoms. The Hall–Kier alpha value is -3.34. The van der Waals surface area contributed by atoms with E-state index in [1.165, 1.54) is 12.1 Å². The van der Waals surface area contributed by atoms with Crippen LogP contribution < -0.4 is 5.32 Å². The molecule has 1 aromatic heterocycles. The Morgan fingerprint density at radius 3 is 2.37 bits per heavy atom. The lowest BCUT2D eigenvalue weighted by Gasteiger charge is -2.10. The van der Waals surface area contributed by atoms with Crippen LogP contribution in [0.5, 0.6) is 0 Å². The van der Waals surface area contributed by atoms with Crippen LogP contribution >= 0.6 is 0 Å². The van der Waals surface area contributed by atoms with Gasteiger partial charge < -0.3 is 5.32 Å². The van der Waals surface area contributed by atoms with Gasteiger partial charge in [0.05, 0.1) is 5.69 Å². The Morgan fingerprint density at radius 1 is 1.00 bits per heavy atom. The van der Waals surface area contributed by atoms with Gasteiger partial charge in [0.15, 0.2) is 0 Å². The normalized spacial score (nSPS) is 11.7. The van der Waals surface area contributed by atoms with E-state index in [4.69, 9.17) is 0 Å². The SMILES string of the molecule is C/C(=C(\C)c1ccnc(NCc2ccc(C=O)cc2)n1)c1ccc(F)cc1. The van der Waals surface area contributed by atoms with E-state index in [1.54, 1.807) is 30.5 Å². The van der Waals surface area contributed by atoms with Crippen molar-refractivity contribution >= 4 is 23.4 Å². The monoisotopic (exact) mass is 361 g/mol. The van der Waals surface area contributed by atoms with Crippen molar-refractivity contribution in [3.8, 4) is 0 Å². The molecular formula is C22H20FN3O. The zero-order valence-corrected chi connectivity index (χ0v) is 15.2. The molecule has 0 aliphatic carbocycles. The van der Waals surface area contributed by atoms with Crippen molar-refractivity contribution < 1.29 is 9.18 Å². The Kier molecular flexibility index (Phi) is 5.71. The maximum atomic E-state index is 13.1. The lowest BCUT2D eigenvalue weighted by molar-refractivity contribution is 0.112. The summed E-state index contributed by atoms with van der Waals surface area (Å²) >= 11 is 0. The van der Waals surface area contributed by atoms with Gasteiger partial charge in [0.1, 0.15) is 12.1 Å². The largest absolute Gasteiger partial charge is 0.350 e. The van der Waals surface area contributed by atoms with E-state index in [0.29, 0.717) is 18.1 Å². The quantitative estimate of drug-likeness (QED) is 0.628.